The van der Waals surface area contributed by atoms with Crippen molar-refractivity contribution >= 4 is 23.4 Å². The molecule has 0 spiro atoms. The Hall–Kier alpha value is -1.62. The summed E-state index contributed by atoms with van der Waals surface area (Å²) < 4.78 is 18.5. The predicted molar refractivity (Wildman–Crippen MR) is 54.5 cm³/mol. The molecule has 0 heterocycles. The number of aliphatic carboxylic acids is 1. The van der Waals surface area contributed by atoms with E-state index >= 15 is 0 Å². The molecule has 0 aliphatic heterocycles. The van der Waals surface area contributed by atoms with Crippen molar-refractivity contribution < 1.29 is 23.8 Å². The van der Waals surface area contributed by atoms with Crippen LogP contribution in [0.25, 0.3) is 0 Å². The van der Waals surface area contributed by atoms with Crippen LogP contribution in [-0.2, 0) is 4.79 Å². The summed E-state index contributed by atoms with van der Waals surface area (Å²) in [5, 5.41) is 8.23. The number of hydrogen-bond acceptors (Lipinski definition) is 3. The summed E-state index contributed by atoms with van der Waals surface area (Å²) >= 11 is 5.56. The monoisotopic (exact) mass is 246 g/mol. The Labute approximate surface area is 95.6 Å². The van der Waals surface area contributed by atoms with E-state index in [1.165, 1.54) is 12.1 Å². The van der Waals surface area contributed by atoms with Crippen LogP contribution in [0.15, 0.2) is 12.1 Å². The molecule has 1 rings (SSSR count). The molecule has 0 amide bonds. The van der Waals surface area contributed by atoms with Crippen molar-refractivity contribution in [2.24, 2.45) is 0 Å². The second-order valence-electron chi connectivity index (χ2n) is 2.80. The van der Waals surface area contributed by atoms with E-state index in [-0.39, 0.29) is 17.4 Å². The van der Waals surface area contributed by atoms with Crippen LogP contribution in [0.5, 0.6) is 5.75 Å². The molecular formula is C10H8ClFO4. The first kappa shape index (κ1) is 12.4. The van der Waals surface area contributed by atoms with Gasteiger partial charge in [-0.3, -0.25) is 4.79 Å². The van der Waals surface area contributed by atoms with E-state index in [0.29, 0.717) is 0 Å². The van der Waals surface area contributed by atoms with Crippen molar-refractivity contribution in [1.82, 2.24) is 0 Å². The average Bonchev–Trinajstić information content (AvgIpc) is 2.22. The van der Waals surface area contributed by atoms with Crippen molar-refractivity contribution in [2.45, 2.75) is 6.92 Å². The molecule has 1 N–H and O–H groups in total. The SMILES string of the molecule is CCOc1ccc(Cl)c(C(=O)C(=O)O)c1F. The normalized spacial score (nSPS) is 9.94. The number of halogens is 2. The molecule has 1 aromatic carbocycles. The Kier molecular flexibility index (Phi) is 3.84. The van der Waals surface area contributed by atoms with Gasteiger partial charge in [-0.2, -0.15) is 0 Å². The summed E-state index contributed by atoms with van der Waals surface area (Å²) in [6.45, 7) is 1.83. The van der Waals surface area contributed by atoms with Gasteiger partial charge in [0.15, 0.2) is 11.6 Å². The minimum atomic E-state index is -1.77. The first-order valence-electron chi connectivity index (χ1n) is 4.37. The maximum Gasteiger partial charge on any atom is 0.377 e. The van der Waals surface area contributed by atoms with Gasteiger partial charge in [-0.1, -0.05) is 11.6 Å². The molecule has 0 fully saturated rings. The van der Waals surface area contributed by atoms with Crippen LogP contribution in [0.2, 0.25) is 5.02 Å². The Balaban J connectivity index is 3.31. The van der Waals surface area contributed by atoms with Gasteiger partial charge < -0.3 is 9.84 Å². The summed E-state index contributed by atoms with van der Waals surface area (Å²) in [5.74, 6) is -4.42. The van der Waals surface area contributed by atoms with E-state index in [9.17, 15) is 14.0 Å². The molecule has 4 nitrogen and oxygen atoms in total. The van der Waals surface area contributed by atoms with Crippen LogP contribution >= 0.6 is 11.6 Å². The van der Waals surface area contributed by atoms with Gasteiger partial charge in [0.1, 0.15) is 0 Å². The highest BCUT2D eigenvalue weighted by Crippen LogP contribution is 2.27. The van der Waals surface area contributed by atoms with E-state index in [4.69, 9.17) is 21.4 Å². The molecule has 0 aromatic heterocycles. The van der Waals surface area contributed by atoms with Crippen molar-refractivity contribution in [2.75, 3.05) is 6.61 Å². The number of carbonyl (C=O) groups excluding carboxylic acids is 1. The third-order valence-electron chi connectivity index (χ3n) is 1.78. The second-order valence-corrected chi connectivity index (χ2v) is 3.21. The molecule has 0 saturated carbocycles. The fourth-order valence-electron chi connectivity index (χ4n) is 1.12. The lowest BCUT2D eigenvalue weighted by Crippen LogP contribution is -2.15. The lowest BCUT2D eigenvalue weighted by Gasteiger charge is -2.08. The highest BCUT2D eigenvalue weighted by atomic mass is 35.5. The molecule has 0 atom stereocenters. The van der Waals surface area contributed by atoms with Crippen molar-refractivity contribution in [3.63, 3.8) is 0 Å². The summed E-state index contributed by atoms with van der Waals surface area (Å²) in [6, 6.07) is 2.45. The summed E-state index contributed by atoms with van der Waals surface area (Å²) in [6.07, 6.45) is 0. The smallest absolute Gasteiger partial charge is 0.377 e. The molecule has 0 aliphatic rings. The first-order valence-corrected chi connectivity index (χ1v) is 4.75. The molecule has 6 heteroatoms. The van der Waals surface area contributed by atoms with Gasteiger partial charge >= 0.3 is 5.97 Å². The molecule has 1 aromatic rings. The Morgan fingerprint density at radius 1 is 1.50 bits per heavy atom. The van der Waals surface area contributed by atoms with Gasteiger partial charge in [0, 0.05) is 0 Å². The van der Waals surface area contributed by atoms with Crippen LogP contribution in [0.1, 0.15) is 17.3 Å². The quantitative estimate of drug-likeness (QED) is 0.653. The van der Waals surface area contributed by atoms with Gasteiger partial charge in [0.2, 0.25) is 0 Å². The van der Waals surface area contributed by atoms with Gasteiger partial charge in [0.05, 0.1) is 17.2 Å². The third-order valence-corrected chi connectivity index (χ3v) is 2.09. The Bertz CT molecular complexity index is 445. The standard InChI is InChI=1S/C10H8ClFO4/c1-2-16-6-4-3-5(11)7(8(6)12)9(13)10(14)15/h3-4H,2H2,1H3,(H,14,15). The fourth-order valence-corrected chi connectivity index (χ4v) is 1.35. The zero-order valence-corrected chi connectivity index (χ0v) is 9.05. The number of hydrogen-bond donors (Lipinski definition) is 1. The Morgan fingerprint density at radius 3 is 2.62 bits per heavy atom. The summed E-state index contributed by atoms with van der Waals surface area (Å²) in [5.41, 5.74) is -0.680. The first-order chi connectivity index (χ1) is 7.49. The van der Waals surface area contributed by atoms with Crippen molar-refractivity contribution in [3.05, 3.63) is 28.5 Å². The number of ketones is 1. The van der Waals surface area contributed by atoms with Crippen LogP contribution in [-0.4, -0.2) is 23.5 Å². The van der Waals surface area contributed by atoms with E-state index in [0.717, 1.165) is 0 Å². The predicted octanol–water partition coefficient (Wildman–Crippen LogP) is 2.15. The maximum absolute atomic E-state index is 13.6. The lowest BCUT2D eigenvalue weighted by molar-refractivity contribution is -0.131. The van der Waals surface area contributed by atoms with E-state index in [2.05, 4.69) is 0 Å². The molecule has 0 aliphatic carbocycles. The van der Waals surface area contributed by atoms with Gasteiger partial charge in [0.25, 0.3) is 5.78 Å². The number of carboxylic acids is 1. The third kappa shape index (κ3) is 2.30. The molecule has 0 bridgehead atoms. The molecule has 16 heavy (non-hydrogen) atoms. The van der Waals surface area contributed by atoms with E-state index in [1.807, 2.05) is 0 Å². The largest absolute Gasteiger partial charge is 0.491 e. The van der Waals surface area contributed by atoms with Gasteiger partial charge in [-0.15, -0.1) is 0 Å². The zero-order chi connectivity index (χ0) is 12.3. The maximum atomic E-state index is 13.6. The molecule has 0 unspecified atom stereocenters. The fraction of sp³-hybridized carbons (Fsp3) is 0.200. The van der Waals surface area contributed by atoms with Crippen LogP contribution in [0, 0.1) is 5.82 Å². The topological polar surface area (TPSA) is 63.6 Å². The number of rotatable bonds is 4. The van der Waals surface area contributed by atoms with Crippen molar-refractivity contribution in [1.29, 1.82) is 0 Å². The Morgan fingerprint density at radius 2 is 2.12 bits per heavy atom. The number of benzene rings is 1. The van der Waals surface area contributed by atoms with E-state index < -0.39 is 23.1 Å². The zero-order valence-electron chi connectivity index (χ0n) is 8.29. The number of carbonyl (C=O) groups is 2. The van der Waals surface area contributed by atoms with Gasteiger partial charge in [-0.25, -0.2) is 9.18 Å². The number of Topliss-reactive ketones (excluding diaryl/α,β-unsaturated/α-hetero) is 1. The highest BCUT2D eigenvalue weighted by Gasteiger charge is 2.25. The number of ether oxygens (including phenoxy) is 1. The lowest BCUT2D eigenvalue weighted by atomic mass is 10.1. The molecule has 0 saturated heterocycles. The summed E-state index contributed by atoms with van der Waals surface area (Å²) in [4.78, 5) is 21.6. The number of carboxylic acid groups (broad SMARTS) is 1. The minimum absolute atomic E-state index is 0.194. The average molecular weight is 247 g/mol. The summed E-state index contributed by atoms with van der Waals surface area (Å²) in [7, 11) is 0. The van der Waals surface area contributed by atoms with Crippen LogP contribution in [0.3, 0.4) is 0 Å². The molecule has 86 valence electrons. The van der Waals surface area contributed by atoms with Crippen LogP contribution in [0.4, 0.5) is 4.39 Å². The van der Waals surface area contributed by atoms with E-state index in [1.54, 1.807) is 6.92 Å². The minimum Gasteiger partial charge on any atom is -0.491 e. The highest BCUT2D eigenvalue weighted by molar-refractivity contribution is 6.45. The van der Waals surface area contributed by atoms with Crippen LogP contribution < -0.4 is 4.74 Å². The second kappa shape index (κ2) is 4.94. The van der Waals surface area contributed by atoms with Crippen molar-refractivity contribution in [3.8, 4) is 5.75 Å². The molecular weight excluding hydrogens is 239 g/mol. The molecule has 0 radical (unpaired) electrons. The van der Waals surface area contributed by atoms with Gasteiger partial charge in [-0.05, 0) is 19.1 Å².